The molecular weight excluding hydrogens is 478 g/mol. The lowest BCUT2D eigenvalue weighted by atomic mass is 10.1. The van der Waals surface area contributed by atoms with Crippen LogP contribution in [0.1, 0.15) is 33.3 Å². The molecule has 0 spiro atoms. The van der Waals surface area contributed by atoms with Crippen LogP contribution in [-0.2, 0) is 0 Å². The molecule has 188 valence electrons. The van der Waals surface area contributed by atoms with Gasteiger partial charge in [0, 0.05) is 21.2 Å². The topological polar surface area (TPSA) is 4.93 Å². The highest BCUT2D eigenvalue weighted by Crippen LogP contribution is 2.44. The Bertz CT molecular complexity index is 1850. The van der Waals surface area contributed by atoms with E-state index in [-0.39, 0.29) is 0 Å². The smallest absolute Gasteiger partial charge is 0.0734 e. The van der Waals surface area contributed by atoms with Crippen molar-refractivity contribution < 1.29 is 0 Å². The van der Waals surface area contributed by atoms with E-state index in [2.05, 4.69) is 116 Å². The molecule has 0 aliphatic heterocycles. The lowest BCUT2D eigenvalue weighted by Gasteiger charge is -2.10. The SMILES string of the molecule is C/C=C(\C)c1ccc(-n2c3ccccc3c3sc4ccc5ccccc5c4c32)cc1.C=C(C)/C=C\C=C/C. The van der Waals surface area contributed by atoms with Gasteiger partial charge in [-0.1, -0.05) is 103 Å². The Labute approximate surface area is 229 Å². The molecule has 6 rings (SSSR count). The fourth-order valence-corrected chi connectivity index (χ4v) is 6.11. The number of nitrogens with zero attached hydrogens (tertiary/aromatic N) is 1. The van der Waals surface area contributed by atoms with Crippen LogP contribution in [0.2, 0.25) is 0 Å². The van der Waals surface area contributed by atoms with Crippen molar-refractivity contribution in [2.45, 2.75) is 27.7 Å². The van der Waals surface area contributed by atoms with Gasteiger partial charge in [-0.3, -0.25) is 0 Å². The number of fused-ring (bicyclic) bond motifs is 7. The van der Waals surface area contributed by atoms with E-state index in [9.17, 15) is 0 Å². The van der Waals surface area contributed by atoms with Gasteiger partial charge in [0.1, 0.15) is 0 Å². The second-order valence-corrected chi connectivity index (χ2v) is 10.6. The van der Waals surface area contributed by atoms with Gasteiger partial charge in [0.25, 0.3) is 0 Å². The molecule has 0 saturated carbocycles. The van der Waals surface area contributed by atoms with Crippen LogP contribution in [0, 0.1) is 0 Å². The Balaban J connectivity index is 0.000000323. The molecule has 0 aliphatic rings. The molecule has 0 fully saturated rings. The molecule has 0 bridgehead atoms. The normalized spacial score (nSPS) is 12.3. The van der Waals surface area contributed by atoms with Gasteiger partial charge < -0.3 is 4.57 Å². The highest BCUT2D eigenvalue weighted by molar-refractivity contribution is 7.27. The van der Waals surface area contributed by atoms with E-state index in [0.717, 1.165) is 5.57 Å². The van der Waals surface area contributed by atoms with E-state index in [1.165, 1.54) is 58.8 Å². The van der Waals surface area contributed by atoms with Crippen molar-refractivity contribution in [2.75, 3.05) is 0 Å². The molecule has 2 heterocycles. The number of para-hydroxylation sites is 1. The number of allylic oxidation sites excluding steroid dienone is 7. The highest BCUT2D eigenvalue weighted by atomic mass is 32.1. The maximum atomic E-state index is 3.71. The first kappa shape index (κ1) is 25.5. The second-order valence-electron chi connectivity index (χ2n) is 9.54. The highest BCUT2D eigenvalue weighted by Gasteiger charge is 2.19. The van der Waals surface area contributed by atoms with Crippen molar-refractivity contribution >= 4 is 58.9 Å². The van der Waals surface area contributed by atoms with Gasteiger partial charge in [-0.2, -0.15) is 0 Å². The van der Waals surface area contributed by atoms with E-state index < -0.39 is 0 Å². The lowest BCUT2D eigenvalue weighted by Crippen LogP contribution is -1.94. The van der Waals surface area contributed by atoms with Gasteiger partial charge in [-0.15, -0.1) is 11.3 Å². The molecule has 0 saturated heterocycles. The van der Waals surface area contributed by atoms with Crippen LogP contribution in [0.5, 0.6) is 0 Å². The summed E-state index contributed by atoms with van der Waals surface area (Å²) in [6.07, 6.45) is 10.1. The van der Waals surface area contributed by atoms with Crippen molar-refractivity contribution in [1.82, 2.24) is 4.57 Å². The molecule has 0 radical (unpaired) electrons. The first-order chi connectivity index (χ1) is 18.5. The van der Waals surface area contributed by atoms with E-state index in [1.807, 2.05) is 49.5 Å². The van der Waals surface area contributed by atoms with Gasteiger partial charge in [-0.05, 0) is 73.9 Å². The third kappa shape index (κ3) is 4.76. The fraction of sp³-hybridized carbons (Fsp3) is 0.111. The van der Waals surface area contributed by atoms with E-state index in [4.69, 9.17) is 0 Å². The molecule has 0 unspecified atom stereocenters. The summed E-state index contributed by atoms with van der Waals surface area (Å²) in [5, 5.41) is 5.30. The largest absolute Gasteiger partial charge is 0.308 e. The van der Waals surface area contributed by atoms with Crippen LogP contribution < -0.4 is 0 Å². The minimum absolute atomic E-state index is 1.09. The third-order valence-corrected chi connectivity index (χ3v) is 8.04. The number of benzene rings is 4. The predicted octanol–water partition coefficient (Wildman–Crippen LogP) is 11.3. The summed E-state index contributed by atoms with van der Waals surface area (Å²) in [5.41, 5.74) is 7.46. The van der Waals surface area contributed by atoms with Crippen molar-refractivity contribution in [3.05, 3.63) is 133 Å². The summed E-state index contributed by atoms with van der Waals surface area (Å²) in [5.74, 6) is 0. The fourth-order valence-electron chi connectivity index (χ4n) is 4.87. The summed E-state index contributed by atoms with van der Waals surface area (Å²) in [4.78, 5) is 0. The monoisotopic (exact) mass is 511 g/mol. The molecule has 2 aromatic heterocycles. The average molecular weight is 512 g/mol. The average Bonchev–Trinajstić information content (AvgIpc) is 3.48. The van der Waals surface area contributed by atoms with Crippen LogP contribution in [-0.4, -0.2) is 4.57 Å². The van der Waals surface area contributed by atoms with Crippen LogP contribution >= 0.6 is 11.3 Å². The van der Waals surface area contributed by atoms with Crippen molar-refractivity contribution in [1.29, 1.82) is 0 Å². The first-order valence-corrected chi connectivity index (χ1v) is 13.9. The molecule has 0 amide bonds. The van der Waals surface area contributed by atoms with E-state index in [1.54, 1.807) is 0 Å². The maximum absolute atomic E-state index is 3.71. The summed E-state index contributed by atoms with van der Waals surface area (Å²) in [6.45, 7) is 11.9. The summed E-state index contributed by atoms with van der Waals surface area (Å²) in [7, 11) is 0. The second kappa shape index (κ2) is 11.1. The molecule has 2 heteroatoms. The number of aromatic nitrogens is 1. The summed E-state index contributed by atoms with van der Waals surface area (Å²) >= 11 is 1.90. The first-order valence-electron chi connectivity index (χ1n) is 13.1. The van der Waals surface area contributed by atoms with Gasteiger partial charge in [-0.25, -0.2) is 0 Å². The molecule has 0 atom stereocenters. The van der Waals surface area contributed by atoms with E-state index in [0.29, 0.717) is 0 Å². The number of hydrogen-bond acceptors (Lipinski definition) is 1. The zero-order chi connectivity index (χ0) is 26.6. The van der Waals surface area contributed by atoms with Gasteiger partial charge in [0.15, 0.2) is 0 Å². The predicted molar refractivity (Wildman–Crippen MR) is 172 cm³/mol. The molecular formula is C36H33NS. The Morgan fingerprint density at radius 3 is 2.21 bits per heavy atom. The molecule has 1 nitrogen and oxygen atoms in total. The number of hydrogen-bond donors (Lipinski definition) is 0. The Morgan fingerprint density at radius 1 is 0.789 bits per heavy atom. The molecule has 4 aromatic carbocycles. The Kier molecular flexibility index (Phi) is 7.44. The van der Waals surface area contributed by atoms with Crippen LogP contribution in [0.3, 0.4) is 0 Å². The minimum Gasteiger partial charge on any atom is -0.308 e. The van der Waals surface area contributed by atoms with Crippen LogP contribution in [0.25, 0.3) is 53.2 Å². The number of thiophene rings is 1. The van der Waals surface area contributed by atoms with Crippen molar-refractivity contribution in [3.63, 3.8) is 0 Å². The molecule has 6 aromatic rings. The standard InChI is InChI=1S/C28H21NS.C8H12/c1-3-18(2)19-12-15-21(16-13-19)29-24-11-7-6-10-23(24)28-27(29)26-22-9-5-4-8-20(22)14-17-25(26)30-28;1-4-5-6-7-8(2)3/h3-17H,1-2H3;4-7H,2H2,1,3H3/b18-3+;5-4-,7-6-. The summed E-state index contributed by atoms with van der Waals surface area (Å²) < 4.78 is 5.16. The molecule has 38 heavy (non-hydrogen) atoms. The number of rotatable bonds is 4. The van der Waals surface area contributed by atoms with Crippen molar-refractivity contribution in [3.8, 4) is 5.69 Å². The zero-order valence-corrected chi connectivity index (χ0v) is 23.3. The maximum Gasteiger partial charge on any atom is 0.0734 e. The Morgan fingerprint density at radius 2 is 1.50 bits per heavy atom. The third-order valence-electron chi connectivity index (χ3n) is 6.87. The lowest BCUT2D eigenvalue weighted by molar-refractivity contribution is 1.19. The van der Waals surface area contributed by atoms with Gasteiger partial charge in [0.2, 0.25) is 0 Å². The van der Waals surface area contributed by atoms with Crippen LogP contribution in [0.15, 0.2) is 127 Å². The summed E-state index contributed by atoms with van der Waals surface area (Å²) in [6, 6.07) is 31.0. The quantitative estimate of drug-likeness (QED) is 0.207. The van der Waals surface area contributed by atoms with Crippen LogP contribution in [0.4, 0.5) is 0 Å². The molecule has 0 aliphatic carbocycles. The van der Waals surface area contributed by atoms with Gasteiger partial charge in [0.05, 0.1) is 15.7 Å². The zero-order valence-electron chi connectivity index (χ0n) is 22.5. The van der Waals surface area contributed by atoms with Gasteiger partial charge >= 0.3 is 0 Å². The molecule has 0 N–H and O–H groups in total. The minimum atomic E-state index is 1.09. The Hall–Kier alpha value is -4.14. The van der Waals surface area contributed by atoms with Crippen molar-refractivity contribution in [2.24, 2.45) is 0 Å². The van der Waals surface area contributed by atoms with E-state index >= 15 is 0 Å².